The van der Waals surface area contributed by atoms with Gasteiger partial charge in [0.25, 0.3) is 5.91 Å². The zero-order valence-electron chi connectivity index (χ0n) is 10.6. The van der Waals surface area contributed by atoms with Crippen LogP contribution in [0.5, 0.6) is 0 Å². The van der Waals surface area contributed by atoms with E-state index in [0.29, 0.717) is 31.7 Å². The van der Waals surface area contributed by atoms with E-state index in [-0.39, 0.29) is 35.7 Å². The Morgan fingerprint density at radius 1 is 1.10 bits per heavy atom. The molecule has 0 bridgehead atoms. The molecule has 21 heavy (non-hydrogen) atoms. The molecule has 7 heteroatoms. The Morgan fingerprint density at radius 2 is 1.71 bits per heavy atom. The normalized spacial score (nSPS) is 14.4. The molecule has 0 aromatic heterocycles. The summed E-state index contributed by atoms with van der Waals surface area (Å²) in [5.41, 5.74) is 0.0583. The number of halogens is 2. The zero-order chi connectivity index (χ0) is 14.7. The molecule has 0 saturated carbocycles. The van der Waals surface area contributed by atoms with Crippen LogP contribution in [0.25, 0.3) is 0 Å². The summed E-state index contributed by atoms with van der Waals surface area (Å²) in [5, 5.41) is 11.3. The molecule has 0 radical (unpaired) electrons. The van der Waals surface area contributed by atoms with Crippen LogP contribution in [0, 0.1) is 11.6 Å². The van der Waals surface area contributed by atoms with Crippen LogP contribution in [-0.4, -0.2) is 35.8 Å². The van der Waals surface area contributed by atoms with Gasteiger partial charge in [-0.2, -0.15) is 0 Å². The third-order valence-corrected chi connectivity index (χ3v) is 3.18. The van der Waals surface area contributed by atoms with Crippen LogP contribution >= 0.6 is 0 Å². The Bertz CT molecular complexity index is 602. The molecule has 1 aliphatic rings. The van der Waals surface area contributed by atoms with Crippen molar-refractivity contribution in [2.75, 3.05) is 5.32 Å². The van der Waals surface area contributed by atoms with Gasteiger partial charge in [-0.05, 0) is 37.8 Å². The van der Waals surface area contributed by atoms with Crippen LogP contribution in [0.3, 0.4) is 0 Å². The third kappa shape index (κ3) is 4.16. The molecule has 2 rings (SSSR count). The third-order valence-electron chi connectivity index (χ3n) is 3.18. The second-order valence-electron chi connectivity index (χ2n) is 4.55. The molecule has 1 aliphatic carbocycles. The number of amides is 1. The van der Waals surface area contributed by atoms with E-state index >= 15 is 0 Å². The fourth-order valence-corrected chi connectivity index (χ4v) is 2.18. The maximum atomic E-state index is 13.4. The van der Waals surface area contributed by atoms with Crippen LogP contribution in [0.2, 0.25) is 0 Å². The van der Waals surface area contributed by atoms with Gasteiger partial charge in [0.05, 0.1) is 5.69 Å². The molecule has 0 aliphatic heterocycles. The van der Waals surface area contributed by atoms with Gasteiger partial charge >= 0.3 is 24.8 Å². The number of anilines is 1. The van der Waals surface area contributed by atoms with Gasteiger partial charge in [-0.15, -0.1) is 0 Å². The second-order valence-corrected chi connectivity index (χ2v) is 4.55. The molecule has 0 fully saturated rings. The van der Waals surface area contributed by atoms with Crippen molar-refractivity contribution in [2.24, 2.45) is 0 Å². The number of aliphatic carboxylic acids is 1. The van der Waals surface area contributed by atoms with Crippen molar-refractivity contribution in [2.45, 2.75) is 25.7 Å². The van der Waals surface area contributed by atoms with E-state index in [1.165, 1.54) is 0 Å². The number of carbonyl (C=O) groups excluding carboxylic acids is 1. The van der Waals surface area contributed by atoms with Crippen molar-refractivity contribution >= 4 is 36.4 Å². The fraction of sp³-hybridized carbons (Fsp3) is 0.286. The molecule has 0 unspecified atom stereocenters. The number of carboxylic acids is 1. The summed E-state index contributed by atoms with van der Waals surface area (Å²) in [7, 11) is 0. The fourth-order valence-electron chi connectivity index (χ4n) is 2.18. The topological polar surface area (TPSA) is 66.4 Å². The summed E-state index contributed by atoms with van der Waals surface area (Å²) in [6.45, 7) is 0. The summed E-state index contributed by atoms with van der Waals surface area (Å²) in [4.78, 5) is 23.1. The SMILES string of the molecule is O=C(O)C1=C(C(=O)Nc2ccc(F)cc2F)CCCC1.[LiH]. The first-order valence-electron chi connectivity index (χ1n) is 6.20. The van der Waals surface area contributed by atoms with Crippen LogP contribution < -0.4 is 5.32 Å². The predicted octanol–water partition coefficient (Wildman–Crippen LogP) is 2.21. The summed E-state index contributed by atoms with van der Waals surface area (Å²) in [5.74, 6) is -3.42. The van der Waals surface area contributed by atoms with Crippen molar-refractivity contribution in [1.29, 1.82) is 0 Å². The molecule has 1 amide bonds. The monoisotopic (exact) mass is 289 g/mol. The van der Waals surface area contributed by atoms with Gasteiger partial charge in [0.2, 0.25) is 0 Å². The Balaban J connectivity index is 0.00000220. The number of hydrogen-bond acceptors (Lipinski definition) is 2. The van der Waals surface area contributed by atoms with Gasteiger partial charge in [-0.1, -0.05) is 0 Å². The van der Waals surface area contributed by atoms with Crippen molar-refractivity contribution < 1.29 is 23.5 Å². The minimum absolute atomic E-state index is 0. The van der Waals surface area contributed by atoms with Gasteiger partial charge in [0.1, 0.15) is 11.6 Å². The standard InChI is InChI=1S/C14H13F2NO3.Li.H/c15-8-5-6-12(11(16)7-8)17-13(18)9-3-1-2-4-10(9)14(19)20;;/h5-7H,1-4H2,(H,17,18)(H,19,20);;. The van der Waals surface area contributed by atoms with Crippen molar-refractivity contribution in [3.05, 3.63) is 41.0 Å². The number of hydrogen-bond donors (Lipinski definition) is 2. The van der Waals surface area contributed by atoms with Crippen LogP contribution in [0.1, 0.15) is 25.7 Å². The van der Waals surface area contributed by atoms with Gasteiger partial charge in [0, 0.05) is 17.2 Å². The summed E-state index contributed by atoms with van der Waals surface area (Å²) >= 11 is 0. The van der Waals surface area contributed by atoms with Crippen LogP contribution in [0.4, 0.5) is 14.5 Å². The van der Waals surface area contributed by atoms with Crippen molar-refractivity contribution in [3.63, 3.8) is 0 Å². The molecule has 0 atom stereocenters. The first-order chi connectivity index (χ1) is 9.49. The number of nitrogens with one attached hydrogen (secondary N) is 1. The van der Waals surface area contributed by atoms with Crippen molar-refractivity contribution in [1.82, 2.24) is 0 Å². The summed E-state index contributed by atoms with van der Waals surface area (Å²) < 4.78 is 26.2. The van der Waals surface area contributed by atoms with Gasteiger partial charge in [-0.25, -0.2) is 13.6 Å². The molecule has 0 spiro atoms. The Kier molecular flexibility index (Phi) is 6.13. The molecule has 1 aromatic carbocycles. The minimum atomic E-state index is -1.13. The molecule has 2 N–H and O–H groups in total. The van der Waals surface area contributed by atoms with Crippen LogP contribution in [-0.2, 0) is 9.59 Å². The number of benzene rings is 1. The summed E-state index contributed by atoms with van der Waals surface area (Å²) in [6.07, 6.45) is 2.09. The molecule has 108 valence electrons. The molecular formula is C14H14F2LiNO3. The van der Waals surface area contributed by atoms with E-state index in [0.717, 1.165) is 12.1 Å². The average molecular weight is 289 g/mol. The molecule has 0 saturated heterocycles. The van der Waals surface area contributed by atoms with E-state index in [9.17, 15) is 18.4 Å². The van der Waals surface area contributed by atoms with Gasteiger partial charge in [0.15, 0.2) is 0 Å². The second kappa shape index (κ2) is 7.39. The molecular weight excluding hydrogens is 275 g/mol. The Hall–Kier alpha value is -1.64. The average Bonchev–Trinajstić information content (AvgIpc) is 2.41. The van der Waals surface area contributed by atoms with E-state index in [1.807, 2.05) is 0 Å². The van der Waals surface area contributed by atoms with E-state index in [2.05, 4.69) is 5.32 Å². The molecule has 0 heterocycles. The van der Waals surface area contributed by atoms with E-state index in [1.54, 1.807) is 0 Å². The zero-order valence-corrected chi connectivity index (χ0v) is 10.6. The predicted molar refractivity (Wildman–Crippen MR) is 75.3 cm³/mol. The maximum absolute atomic E-state index is 13.4. The van der Waals surface area contributed by atoms with Crippen LogP contribution in [0.15, 0.2) is 29.3 Å². The van der Waals surface area contributed by atoms with Crippen molar-refractivity contribution in [3.8, 4) is 0 Å². The quantitative estimate of drug-likeness (QED) is 0.838. The number of carbonyl (C=O) groups is 2. The molecule has 4 nitrogen and oxygen atoms in total. The van der Waals surface area contributed by atoms with E-state index in [4.69, 9.17) is 5.11 Å². The van der Waals surface area contributed by atoms with E-state index < -0.39 is 23.5 Å². The van der Waals surface area contributed by atoms with Gasteiger partial charge < -0.3 is 10.4 Å². The summed E-state index contributed by atoms with van der Waals surface area (Å²) in [6, 6.07) is 2.78. The first-order valence-corrected chi connectivity index (χ1v) is 6.20. The van der Waals surface area contributed by atoms with Gasteiger partial charge in [-0.3, -0.25) is 4.79 Å². The number of rotatable bonds is 3. The Labute approximate surface area is 132 Å². The number of carboxylic acid groups (broad SMARTS) is 1. The molecule has 1 aromatic rings. The first kappa shape index (κ1) is 17.4. The Morgan fingerprint density at radius 3 is 2.29 bits per heavy atom.